The number of para-hydroxylation sites is 1. The van der Waals surface area contributed by atoms with E-state index in [0.717, 1.165) is 17.3 Å². The maximum absolute atomic E-state index is 12.8. The van der Waals surface area contributed by atoms with Crippen LogP contribution in [0.1, 0.15) is 29.7 Å². The van der Waals surface area contributed by atoms with E-state index in [1.165, 1.54) is 4.68 Å². The lowest BCUT2D eigenvalue weighted by molar-refractivity contribution is 0.0702. The van der Waals surface area contributed by atoms with Gasteiger partial charge in [0.25, 0.3) is 5.91 Å². The van der Waals surface area contributed by atoms with E-state index in [1.807, 2.05) is 31.2 Å². The smallest absolute Gasteiger partial charge is 0.328 e. The van der Waals surface area contributed by atoms with Crippen LogP contribution in [0.15, 0.2) is 29.1 Å². The Hall–Kier alpha value is -2.90. The van der Waals surface area contributed by atoms with Crippen molar-refractivity contribution in [2.75, 3.05) is 6.54 Å². The minimum atomic E-state index is -0.142. The van der Waals surface area contributed by atoms with Gasteiger partial charge in [-0.15, -0.1) is 0 Å². The van der Waals surface area contributed by atoms with E-state index in [4.69, 9.17) is 0 Å². The first-order chi connectivity index (χ1) is 11.7. The molecule has 4 rings (SSSR count). The van der Waals surface area contributed by atoms with Gasteiger partial charge in [-0.3, -0.25) is 14.5 Å². The Labute approximate surface area is 137 Å². The van der Waals surface area contributed by atoms with Crippen molar-refractivity contribution in [3.63, 3.8) is 0 Å². The molecule has 0 atom stereocenters. The van der Waals surface area contributed by atoms with E-state index in [2.05, 4.69) is 15.3 Å². The summed E-state index contributed by atoms with van der Waals surface area (Å²) in [5.41, 5.74) is 1.15. The van der Waals surface area contributed by atoms with Crippen molar-refractivity contribution in [2.24, 2.45) is 0 Å². The molecule has 24 heavy (non-hydrogen) atoms. The molecule has 0 saturated carbocycles. The molecular weight excluding hydrogens is 308 g/mol. The number of nitrogens with one attached hydrogen (secondary N) is 1. The monoisotopic (exact) mass is 326 g/mol. The highest BCUT2D eigenvalue weighted by Crippen LogP contribution is 2.19. The molecule has 1 aliphatic rings. The standard InChI is InChI=1S/C16H18N6O2/c1-2-7-22-16(24)21-9-8-20(10-13(21)19-22)15(23)14-11-5-3-4-6-12(11)17-18-14/h3-6H,2,7-10H2,1H3,(H,17,18). The number of aromatic amines is 1. The summed E-state index contributed by atoms with van der Waals surface area (Å²) in [6.45, 7) is 3.86. The second-order valence-corrected chi connectivity index (χ2v) is 5.92. The highest BCUT2D eigenvalue weighted by Gasteiger charge is 2.27. The maximum Gasteiger partial charge on any atom is 0.346 e. The van der Waals surface area contributed by atoms with Gasteiger partial charge in [0.1, 0.15) is 0 Å². The molecular formula is C16H18N6O2. The van der Waals surface area contributed by atoms with Crippen LogP contribution < -0.4 is 5.69 Å². The zero-order valence-electron chi connectivity index (χ0n) is 13.4. The summed E-state index contributed by atoms with van der Waals surface area (Å²) < 4.78 is 3.13. The van der Waals surface area contributed by atoms with Gasteiger partial charge in [0.2, 0.25) is 0 Å². The van der Waals surface area contributed by atoms with Gasteiger partial charge in [-0.2, -0.15) is 10.2 Å². The molecule has 0 saturated heterocycles. The number of hydrogen-bond donors (Lipinski definition) is 1. The van der Waals surface area contributed by atoms with E-state index in [-0.39, 0.29) is 11.6 Å². The SMILES string of the molecule is CCCn1nc2n(c1=O)CCN(C(=O)c1n[nH]c3ccccc13)C2. The number of carbonyl (C=O) groups is 1. The molecule has 0 aliphatic carbocycles. The number of aryl methyl sites for hydroxylation is 1. The average Bonchev–Trinajstić information content (AvgIpc) is 3.16. The Morgan fingerprint density at radius 3 is 2.96 bits per heavy atom. The Balaban J connectivity index is 1.63. The first-order valence-corrected chi connectivity index (χ1v) is 8.08. The lowest BCUT2D eigenvalue weighted by Gasteiger charge is -2.26. The van der Waals surface area contributed by atoms with E-state index in [0.29, 0.717) is 37.7 Å². The van der Waals surface area contributed by atoms with E-state index in [9.17, 15) is 9.59 Å². The third kappa shape index (κ3) is 2.22. The van der Waals surface area contributed by atoms with Crippen molar-refractivity contribution in [1.82, 2.24) is 29.4 Å². The number of amides is 1. The van der Waals surface area contributed by atoms with Gasteiger partial charge in [-0.25, -0.2) is 9.48 Å². The summed E-state index contributed by atoms with van der Waals surface area (Å²) >= 11 is 0. The Kier molecular flexibility index (Phi) is 3.44. The van der Waals surface area contributed by atoms with Crippen molar-refractivity contribution >= 4 is 16.8 Å². The molecule has 0 fully saturated rings. The number of aromatic nitrogens is 5. The fraction of sp³-hybridized carbons (Fsp3) is 0.375. The summed E-state index contributed by atoms with van der Waals surface area (Å²) in [5, 5.41) is 12.2. The molecule has 0 bridgehead atoms. The van der Waals surface area contributed by atoms with Crippen molar-refractivity contribution in [2.45, 2.75) is 33.0 Å². The molecule has 124 valence electrons. The molecule has 8 heteroatoms. The number of hydrogen-bond acceptors (Lipinski definition) is 4. The van der Waals surface area contributed by atoms with Crippen LogP contribution >= 0.6 is 0 Å². The number of rotatable bonds is 3. The summed E-state index contributed by atoms with van der Waals surface area (Å²) in [5.74, 6) is 0.490. The molecule has 1 amide bonds. The van der Waals surface area contributed by atoms with Crippen LogP contribution in [0.4, 0.5) is 0 Å². The highest BCUT2D eigenvalue weighted by molar-refractivity contribution is 6.04. The van der Waals surface area contributed by atoms with Gasteiger partial charge in [-0.1, -0.05) is 25.1 Å². The fourth-order valence-corrected chi connectivity index (χ4v) is 3.11. The number of nitrogens with zero attached hydrogens (tertiary/aromatic N) is 5. The molecule has 8 nitrogen and oxygen atoms in total. The fourth-order valence-electron chi connectivity index (χ4n) is 3.11. The van der Waals surface area contributed by atoms with E-state index in [1.54, 1.807) is 9.47 Å². The van der Waals surface area contributed by atoms with Crippen LogP contribution in [0.2, 0.25) is 0 Å². The average molecular weight is 326 g/mol. The third-order valence-corrected chi connectivity index (χ3v) is 4.32. The number of fused-ring (bicyclic) bond motifs is 2. The van der Waals surface area contributed by atoms with Gasteiger partial charge in [0, 0.05) is 25.0 Å². The molecule has 3 heterocycles. The van der Waals surface area contributed by atoms with Crippen LogP contribution in [-0.4, -0.2) is 41.9 Å². The van der Waals surface area contributed by atoms with Crippen molar-refractivity contribution in [3.05, 3.63) is 46.3 Å². The highest BCUT2D eigenvalue weighted by atomic mass is 16.2. The number of carbonyl (C=O) groups excluding carboxylic acids is 1. The van der Waals surface area contributed by atoms with Crippen molar-refractivity contribution in [1.29, 1.82) is 0 Å². The van der Waals surface area contributed by atoms with Gasteiger partial charge in [0.05, 0.1) is 12.1 Å². The molecule has 1 aromatic carbocycles. The second kappa shape index (κ2) is 5.63. The molecule has 3 aromatic rings. The van der Waals surface area contributed by atoms with Crippen LogP contribution in [0.5, 0.6) is 0 Å². The summed E-state index contributed by atoms with van der Waals surface area (Å²) in [6.07, 6.45) is 0.846. The molecule has 1 N–H and O–H groups in total. The minimum absolute atomic E-state index is 0.0934. The molecule has 1 aliphatic heterocycles. The van der Waals surface area contributed by atoms with Gasteiger partial charge in [0.15, 0.2) is 11.5 Å². The minimum Gasteiger partial charge on any atom is -0.328 e. The quantitative estimate of drug-likeness (QED) is 0.777. The van der Waals surface area contributed by atoms with Crippen LogP contribution in [0.3, 0.4) is 0 Å². The lowest BCUT2D eigenvalue weighted by atomic mass is 10.2. The van der Waals surface area contributed by atoms with Gasteiger partial charge >= 0.3 is 5.69 Å². The largest absolute Gasteiger partial charge is 0.346 e. The van der Waals surface area contributed by atoms with Gasteiger partial charge in [-0.05, 0) is 12.5 Å². The van der Waals surface area contributed by atoms with Crippen molar-refractivity contribution in [3.8, 4) is 0 Å². The number of H-pyrrole nitrogens is 1. The first-order valence-electron chi connectivity index (χ1n) is 8.08. The maximum atomic E-state index is 12.8. The molecule has 0 unspecified atom stereocenters. The molecule has 2 aromatic heterocycles. The molecule has 0 radical (unpaired) electrons. The second-order valence-electron chi connectivity index (χ2n) is 5.92. The lowest BCUT2D eigenvalue weighted by Crippen LogP contribution is -2.41. The zero-order chi connectivity index (χ0) is 16.7. The Morgan fingerprint density at radius 2 is 2.12 bits per heavy atom. The van der Waals surface area contributed by atoms with Gasteiger partial charge < -0.3 is 4.90 Å². The van der Waals surface area contributed by atoms with E-state index >= 15 is 0 Å². The van der Waals surface area contributed by atoms with E-state index < -0.39 is 0 Å². The molecule has 0 spiro atoms. The van der Waals surface area contributed by atoms with Crippen LogP contribution in [-0.2, 0) is 19.6 Å². The zero-order valence-corrected chi connectivity index (χ0v) is 13.4. The predicted molar refractivity (Wildman–Crippen MR) is 87.6 cm³/mol. The Morgan fingerprint density at radius 1 is 1.29 bits per heavy atom. The van der Waals surface area contributed by atoms with Crippen molar-refractivity contribution < 1.29 is 4.79 Å². The summed E-state index contributed by atoms with van der Waals surface area (Å²) in [7, 11) is 0. The Bertz CT molecular complexity index is 967. The first kappa shape index (κ1) is 14.7. The summed E-state index contributed by atoms with van der Waals surface area (Å²) in [4.78, 5) is 26.7. The normalized spacial score (nSPS) is 14.1. The van der Waals surface area contributed by atoms with Crippen LogP contribution in [0.25, 0.3) is 10.9 Å². The van der Waals surface area contributed by atoms with Crippen LogP contribution in [0, 0.1) is 0 Å². The predicted octanol–water partition coefficient (Wildman–Crippen LogP) is 0.987. The third-order valence-electron chi connectivity index (χ3n) is 4.32. The summed E-state index contributed by atoms with van der Waals surface area (Å²) in [6, 6.07) is 7.55. The number of benzene rings is 1. The topological polar surface area (TPSA) is 88.8 Å².